The maximum absolute atomic E-state index is 14.4. The van der Waals surface area contributed by atoms with Crippen LogP contribution in [-0.2, 0) is 4.79 Å². The number of nitrogens with zero attached hydrogens (tertiary/aromatic N) is 3. The first-order valence-electron chi connectivity index (χ1n) is 7.93. The third kappa shape index (κ3) is 4.50. The Balaban J connectivity index is 2.18. The number of pyridine rings is 1. The van der Waals surface area contributed by atoms with E-state index in [9.17, 15) is 27.2 Å². The molecule has 1 aliphatic heterocycles. The van der Waals surface area contributed by atoms with Gasteiger partial charge in [-0.15, -0.1) is 0 Å². The third-order valence-corrected chi connectivity index (χ3v) is 4.89. The highest BCUT2D eigenvalue weighted by Crippen LogP contribution is 2.30. The molecule has 0 spiro atoms. The first-order valence-corrected chi connectivity index (χ1v) is 8.73. The smallest absolute Gasteiger partial charge is 0.400 e. The van der Waals surface area contributed by atoms with Crippen LogP contribution in [0.2, 0.25) is 0 Å². The van der Waals surface area contributed by atoms with Gasteiger partial charge in [-0.3, -0.25) is 9.59 Å². The van der Waals surface area contributed by atoms with E-state index in [0.717, 1.165) is 16.7 Å². The molecule has 0 aliphatic carbocycles. The number of likely N-dealkylation sites (N-methyl/N-ethyl adjacent to an activating group) is 1. The first kappa shape index (κ1) is 21.4. The maximum atomic E-state index is 14.4. The summed E-state index contributed by atoms with van der Waals surface area (Å²) in [7, 11) is 2.64. The van der Waals surface area contributed by atoms with Gasteiger partial charge in [0.2, 0.25) is 11.8 Å². The zero-order chi connectivity index (χ0) is 20.5. The van der Waals surface area contributed by atoms with Crippen molar-refractivity contribution in [2.75, 3.05) is 27.2 Å². The van der Waals surface area contributed by atoms with Crippen molar-refractivity contribution in [2.45, 2.75) is 25.3 Å². The lowest BCUT2D eigenvalue weighted by Gasteiger charge is -2.27. The van der Waals surface area contributed by atoms with Crippen molar-refractivity contribution in [1.29, 1.82) is 0 Å². The Labute approximate surface area is 161 Å². The van der Waals surface area contributed by atoms with Gasteiger partial charge in [-0.1, -0.05) is 0 Å². The zero-order valence-corrected chi connectivity index (χ0v) is 16.3. The normalized spacial score (nSPS) is 21.1. The summed E-state index contributed by atoms with van der Waals surface area (Å²) in [5, 5.41) is 0. The van der Waals surface area contributed by atoms with Gasteiger partial charge >= 0.3 is 6.18 Å². The number of amides is 2. The summed E-state index contributed by atoms with van der Waals surface area (Å²) >= 11 is 3.18. The van der Waals surface area contributed by atoms with Crippen LogP contribution in [0.1, 0.15) is 17.3 Å². The topological polar surface area (TPSA) is 62.7 Å². The number of carbonyl (C=O) groups is 2. The molecule has 0 saturated carbocycles. The van der Waals surface area contributed by atoms with Crippen LogP contribution in [0, 0.1) is 5.92 Å². The summed E-state index contributed by atoms with van der Waals surface area (Å²) in [6.07, 6.45) is -4.96. The molecule has 0 N–H and O–H groups in total. The minimum absolute atomic E-state index is 0.0297. The van der Waals surface area contributed by atoms with Crippen LogP contribution in [0.4, 0.5) is 17.6 Å². The highest BCUT2D eigenvalue weighted by Gasteiger charge is 2.47. The Morgan fingerprint density at radius 1 is 1.41 bits per heavy atom. The average molecular weight is 456 g/mol. The van der Waals surface area contributed by atoms with Crippen LogP contribution in [0.25, 0.3) is 0 Å². The quantitative estimate of drug-likeness (QED) is 0.654. The maximum Gasteiger partial charge on any atom is 0.400 e. The SMILES string of the molecule is COc1ncc(Br)cc1C(=O)N(C)C1CN(C(=O)C(C)C(F)(F)F)CC1F. The van der Waals surface area contributed by atoms with Crippen molar-refractivity contribution in [3.63, 3.8) is 0 Å². The fraction of sp³-hybridized carbons (Fsp3) is 0.562. The van der Waals surface area contributed by atoms with Crippen molar-refractivity contribution < 1.29 is 31.9 Å². The number of carbonyl (C=O) groups excluding carboxylic acids is 2. The molecule has 3 atom stereocenters. The number of alkyl halides is 4. The van der Waals surface area contributed by atoms with Gasteiger partial charge in [-0.2, -0.15) is 13.2 Å². The highest BCUT2D eigenvalue weighted by atomic mass is 79.9. The van der Waals surface area contributed by atoms with Crippen molar-refractivity contribution in [3.8, 4) is 5.88 Å². The van der Waals surface area contributed by atoms with Crippen molar-refractivity contribution >= 4 is 27.7 Å². The Morgan fingerprint density at radius 3 is 2.59 bits per heavy atom. The Bertz CT molecular complexity index is 731. The molecule has 2 rings (SSSR count). The largest absolute Gasteiger partial charge is 0.480 e. The Kier molecular flexibility index (Phi) is 6.33. The standard InChI is InChI=1S/C16H18BrF4N3O3/c1-8(16(19,20)21)14(25)24-6-11(18)12(7-24)23(2)15(26)10-4-9(17)5-22-13(10)27-3/h4-5,8,11-12H,6-7H2,1-3H3. The van der Waals surface area contributed by atoms with E-state index in [-0.39, 0.29) is 18.0 Å². The first-order chi connectivity index (χ1) is 12.5. The zero-order valence-electron chi connectivity index (χ0n) is 14.8. The molecule has 150 valence electrons. The second-order valence-electron chi connectivity index (χ2n) is 6.22. The molecular weight excluding hydrogens is 438 g/mol. The van der Waals surface area contributed by atoms with Crippen LogP contribution in [0.15, 0.2) is 16.7 Å². The van der Waals surface area contributed by atoms with E-state index in [1.807, 2.05) is 0 Å². The molecule has 2 amide bonds. The number of aromatic nitrogens is 1. The minimum atomic E-state index is -4.71. The molecule has 0 bridgehead atoms. The van der Waals surface area contributed by atoms with Crippen LogP contribution in [0.3, 0.4) is 0 Å². The van der Waals surface area contributed by atoms with Gasteiger partial charge in [-0.25, -0.2) is 9.37 Å². The second-order valence-corrected chi connectivity index (χ2v) is 7.13. The Morgan fingerprint density at radius 2 is 2.04 bits per heavy atom. The van der Waals surface area contributed by atoms with Crippen molar-refractivity contribution in [3.05, 3.63) is 22.3 Å². The van der Waals surface area contributed by atoms with Crippen LogP contribution < -0.4 is 4.74 Å². The van der Waals surface area contributed by atoms with Crippen molar-refractivity contribution in [1.82, 2.24) is 14.8 Å². The summed E-state index contributed by atoms with van der Waals surface area (Å²) in [5.41, 5.74) is 0.0648. The number of halogens is 5. The van der Waals surface area contributed by atoms with E-state index < -0.39 is 42.7 Å². The van der Waals surface area contributed by atoms with Gasteiger partial charge in [0.15, 0.2) is 0 Å². The second kappa shape index (κ2) is 7.99. The number of ether oxygens (including phenoxy) is 1. The molecule has 1 aromatic heterocycles. The monoisotopic (exact) mass is 455 g/mol. The number of methoxy groups -OCH3 is 1. The number of hydrogen-bond donors (Lipinski definition) is 0. The summed E-state index contributed by atoms with van der Waals surface area (Å²) in [5.74, 6) is -4.04. The van der Waals surface area contributed by atoms with E-state index in [4.69, 9.17) is 4.74 Å². The fourth-order valence-corrected chi connectivity index (χ4v) is 3.12. The van der Waals surface area contributed by atoms with Gasteiger partial charge in [0.1, 0.15) is 17.7 Å². The molecule has 11 heteroatoms. The van der Waals surface area contributed by atoms with Gasteiger partial charge in [-0.05, 0) is 28.9 Å². The van der Waals surface area contributed by atoms with E-state index >= 15 is 0 Å². The lowest BCUT2D eigenvalue weighted by molar-refractivity contribution is -0.185. The third-order valence-electron chi connectivity index (χ3n) is 4.45. The highest BCUT2D eigenvalue weighted by molar-refractivity contribution is 9.10. The molecule has 6 nitrogen and oxygen atoms in total. The van der Waals surface area contributed by atoms with Crippen molar-refractivity contribution in [2.24, 2.45) is 5.92 Å². The van der Waals surface area contributed by atoms with Gasteiger partial charge < -0.3 is 14.5 Å². The predicted molar refractivity (Wildman–Crippen MR) is 91.1 cm³/mol. The van der Waals surface area contributed by atoms with Crippen LogP contribution in [-0.4, -0.2) is 72.2 Å². The average Bonchev–Trinajstić information content (AvgIpc) is 3.00. The summed E-state index contributed by atoms with van der Waals surface area (Å²) in [6, 6.07) is 0.368. The number of likely N-dealkylation sites (tertiary alicyclic amines) is 1. The molecule has 1 saturated heterocycles. The Hall–Kier alpha value is -1.91. The van der Waals surface area contributed by atoms with Crippen LogP contribution >= 0.6 is 15.9 Å². The summed E-state index contributed by atoms with van der Waals surface area (Å²) < 4.78 is 58.2. The molecule has 2 heterocycles. The lowest BCUT2D eigenvalue weighted by atomic mass is 10.1. The summed E-state index contributed by atoms with van der Waals surface area (Å²) in [6.45, 7) is -0.0996. The van der Waals surface area contributed by atoms with Crippen LogP contribution in [0.5, 0.6) is 5.88 Å². The fourth-order valence-electron chi connectivity index (χ4n) is 2.79. The molecule has 1 fully saturated rings. The summed E-state index contributed by atoms with van der Waals surface area (Å²) in [4.78, 5) is 30.5. The van der Waals surface area contributed by atoms with E-state index in [1.54, 1.807) is 0 Å². The number of hydrogen-bond acceptors (Lipinski definition) is 4. The predicted octanol–water partition coefficient (Wildman–Crippen LogP) is 2.67. The minimum Gasteiger partial charge on any atom is -0.480 e. The molecule has 3 unspecified atom stereocenters. The molecule has 1 aliphatic rings. The molecule has 0 aromatic carbocycles. The van der Waals surface area contributed by atoms with Gasteiger partial charge in [0.05, 0.1) is 19.7 Å². The lowest BCUT2D eigenvalue weighted by Crippen LogP contribution is -2.44. The van der Waals surface area contributed by atoms with E-state index in [2.05, 4.69) is 20.9 Å². The molecule has 1 aromatic rings. The molecular formula is C16H18BrF4N3O3. The molecule has 0 radical (unpaired) electrons. The molecule has 27 heavy (non-hydrogen) atoms. The number of rotatable bonds is 4. The van der Waals surface area contributed by atoms with Gasteiger partial charge in [0.25, 0.3) is 5.91 Å². The van der Waals surface area contributed by atoms with E-state index in [0.29, 0.717) is 4.47 Å². The van der Waals surface area contributed by atoms with E-state index in [1.165, 1.54) is 26.4 Å². The van der Waals surface area contributed by atoms with Gasteiger partial charge in [0, 0.05) is 24.3 Å².